The van der Waals surface area contributed by atoms with Gasteiger partial charge in [-0.3, -0.25) is 9.80 Å². The molecule has 0 aromatic carbocycles. The van der Waals surface area contributed by atoms with Crippen LogP contribution in [-0.4, -0.2) is 60.6 Å². The van der Waals surface area contributed by atoms with Crippen LogP contribution in [0.25, 0.3) is 0 Å². The van der Waals surface area contributed by atoms with E-state index in [9.17, 15) is 0 Å². The molecule has 3 nitrogen and oxygen atoms in total. The largest absolute Gasteiger partial charge is 0.313 e. The van der Waals surface area contributed by atoms with E-state index in [1.807, 2.05) is 0 Å². The summed E-state index contributed by atoms with van der Waals surface area (Å²) in [6.45, 7) is 13.2. The van der Waals surface area contributed by atoms with Gasteiger partial charge in [-0.1, -0.05) is 39.5 Å². The number of hydrogen-bond acceptors (Lipinski definition) is 3. The molecule has 1 N–H and O–H groups in total. The lowest BCUT2D eigenvalue weighted by molar-refractivity contribution is 0.0511. The van der Waals surface area contributed by atoms with Gasteiger partial charge >= 0.3 is 0 Å². The fraction of sp³-hybridized carbons (Fsp3) is 1.00. The highest BCUT2D eigenvalue weighted by Crippen LogP contribution is 2.23. The Morgan fingerprint density at radius 1 is 0.952 bits per heavy atom. The van der Waals surface area contributed by atoms with E-state index >= 15 is 0 Å². The van der Waals surface area contributed by atoms with Crippen molar-refractivity contribution in [2.24, 2.45) is 0 Å². The van der Waals surface area contributed by atoms with E-state index in [4.69, 9.17) is 0 Å². The molecule has 1 saturated carbocycles. The number of likely N-dealkylation sites (N-methyl/N-ethyl adjacent to an activating group) is 1. The van der Waals surface area contributed by atoms with Crippen LogP contribution in [0.1, 0.15) is 65.7 Å². The molecule has 0 amide bonds. The van der Waals surface area contributed by atoms with Crippen LogP contribution in [0.5, 0.6) is 0 Å². The summed E-state index contributed by atoms with van der Waals surface area (Å²) in [5.41, 5.74) is 0. The van der Waals surface area contributed by atoms with Crippen LogP contribution in [0.2, 0.25) is 0 Å². The van der Waals surface area contributed by atoms with Gasteiger partial charge in [0.25, 0.3) is 0 Å². The second-order valence-electron chi connectivity index (χ2n) is 7.05. The number of nitrogens with one attached hydrogen (secondary N) is 1. The number of rotatable bonds is 5. The molecular formula is C18H37N3. The molecule has 1 aliphatic carbocycles. The van der Waals surface area contributed by atoms with Gasteiger partial charge in [0.15, 0.2) is 0 Å². The van der Waals surface area contributed by atoms with E-state index in [0.717, 1.165) is 24.7 Å². The lowest BCUT2D eigenvalue weighted by Crippen LogP contribution is -2.57. The first kappa shape index (κ1) is 17.2. The monoisotopic (exact) mass is 295 g/mol. The molecule has 1 saturated heterocycles. The van der Waals surface area contributed by atoms with Crippen molar-refractivity contribution in [2.45, 2.75) is 83.8 Å². The predicted molar refractivity (Wildman–Crippen MR) is 91.9 cm³/mol. The van der Waals surface area contributed by atoms with Crippen LogP contribution in [0.4, 0.5) is 0 Å². The third-order valence-corrected chi connectivity index (χ3v) is 5.73. The van der Waals surface area contributed by atoms with E-state index in [-0.39, 0.29) is 0 Å². The van der Waals surface area contributed by atoms with Crippen LogP contribution in [0.15, 0.2) is 0 Å². The molecule has 2 rings (SSSR count). The smallest absolute Gasteiger partial charge is 0.0250 e. The zero-order chi connectivity index (χ0) is 15.1. The molecule has 1 aliphatic heterocycles. The predicted octanol–water partition coefficient (Wildman–Crippen LogP) is 3.10. The van der Waals surface area contributed by atoms with Crippen molar-refractivity contribution in [3.05, 3.63) is 0 Å². The highest BCUT2D eigenvalue weighted by Gasteiger charge is 2.30. The molecule has 2 aliphatic rings. The van der Waals surface area contributed by atoms with Crippen molar-refractivity contribution in [1.29, 1.82) is 0 Å². The second kappa shape index (κ2) is 9.12. The Labute approximate surface area is 132 Å². The maximum atomic E-state index is 3.79. The van der Waals surface area contributed by atoms with E-state index in [1.165, 1.54) is 71.1 Å². The van der Waals surface area contributed by atoms with Gasteiger partial charge in [-0.15, -0.1) is 0 Å². The zero-order valence-corrected chi connectivity index (χ0v) is 14.6. The summed E-state index contributed by atoms with van der Waals surface area (Å²) < 4.78 is 0. The summed E-state index contributed by atoms with van der Waals surface area (Å²) in [5, 5.41) is 3.79. The van der Waals surface area contributed by atoms with Gasteiger partial charge in [0.05, 0.1) is 0 Å². The minimum Gasteiger partial charge on any atom is -0.313 e. The van der Waals surface area contributed by atoms with Crippen LogP contribution >= 0.6 is 0 Å². The van der Waals surface area contributed by atoms with E-state index in [0.29, 0.717) is 0 Å². The van der Waals surface area contributed by atoms with Gasteiger partial charge in [-0.05, 0) is 32.7 Å². The first-order chi connectivity index (χ1) is 10.3. The van der Waals surface area contributed by atoms with Gasteiger partial charge in [-0.25, -0.2) is 0 Å². The molecule has 0 spiro atoms. The number of nitrogens with zero attached hydrogens (tertiary/aromatic N) is 2. The van der Waals surface area contributed by atoms with E-state index in [2.05, 4.69) is 35.9 Å². The highest BCUT2D eigenvalue weighted by atomic mass is 15.3. The van der Waals surface area contributed by atoms with Crippen molar-refractivity contribution in [2.75, 3.05) is 32.7 Å². The third kappa shape index (κ3) is 4.94. The first-order valence-corrected chi connectivity index (χ1v) is 9.47. The van der Waals surface area contributed by atoms with Gasteiger partial charge in [0.1, 0.15) is 0 Å². The van der Waals surface area contributed by atoms with Crippen molar-refractivity contribution >= 4 is 0 Å². The minimum atomic E-state index is 0.727. The highest BCUT2D eigenvalue weighted by molar-refractivity contribution is 4.89. The molecule has 3 heteroatoms. The normalized spacial score (nSPS) is 31.6. The topological polar surface area (TPSA) is 18.5 Å². The quantitative estimate of drug-likeness (QED) is 0.841. The van der Waals surface area contributed by atoms with Gasteiger partial charge in [0.2, 0.25) is 0 Å². The zero-order valence-electron chi connectivity index (χ0n) is 14.6. The molecule has 0 radical (unpaired) electrons. The van der Waals surface area contributed by atoms with E-state index < -0.39 is 0 Å². The molecule has 0 aromatic rings. The van der Waals surface area contributed by atoms with Crippen LogP contribution in [-0.2, 0) is 0 Å². The molecule has 2 fully saturated rings. The molecule has 1 heterocycles. The Morgan fingerprint density at radius 2 is 1.62 bits per heavy atom. The Morgan fingerprint density at radius 3 is 2.24 bits per heavy atom. The van der Waals surface area contributed by atoms with Crippen molar-refractivity contribution < 1.29 is 0 Å². The molecule has 0 aromatic heterocycles. The maximum absolute atomic E-state index is 3.79. The second-order valence-corrected chi connectivity index (χ2v) is 7.05. The summed E-state index contributed by atoms with van der Waals surface area (Å²) in [6.07, 6.45) is 9.80. The van der Waals surface area contributed by atoms with Crippen LogP contribution in [0, 0.1) is 0 Å². The third-order valence-electron chi connectivity index (χ3n) is 5.73. The van der Waals surface area contributed by atoms with Crippen LogP contribution < -0.4 is 5.32 Å². The van der Waals surface area contributed by atoms with Crippen molar-refractivity contribution in [3.63, 3.8) is 0 Å². The summed E-state index contributed by atoms with van der Waals surface area (Å²) >= 11 is 0. The molecule has 124 valence electrons. The fourth-order valence-electron chi connectivity index (χ4n) is 4.17. The van der Waals surface area contributed by atoms with Crippen molar-refractivity contribution in [1.82, 2.24) is 15.1 Å². The van der Waals surface area contributed by atoms with Gasteiger partial charge in [-0.2, -0.15) is 0 Å². The van der Waals surface area contributed by atoms with Gasteiger partial charge in [0, 0.05) is 44.3 Å². The van der Waals surface area contributed by atoms with Gasteiger partial charge < -0.3 is 5.32 Å². The number of piperazine rings is 1. The Balaban J connectivity index is 1.91. The summed E-state index contributed by atoms with van der Waals surface area (Å²) in [6, 6.07) is 2.27. The molecule has 3 atom stereocenters. The van der Waals surface area contributed by atoms with E-state index in [1.54, 1.807) is 0 Å². The Hall–Kier alpha value is -0.120. The molecule has 21 heavy (non-hydrogen) atoms. The lowest BCUT2D eigenvalue weighted by Gasteiger charge is -2.44. The SMILES string of the molecule is CCNC1CCCCCCC1N1CCN(C(C)CC)CC1. The van der Waals surface area contributed by atoms with Crippen molar-refractivity contribution in [3.8, 4) is 0 Å². The lowest BCUT2D eigenvalue weighted by atomic mass is 9.90. The number of hydrogen-bond donors (Lipinski definition) is 1. The first-order valence-electron chi connectivity index (χ1n) is 9.47. The maximum Gasteiger partial charge on any atom is 0.0250 e. The summed E-state index contributed by atoms with van der Waals surface area (Å²) in [5.74, 6) is 0. The van der Waals surface area contributed by atoms with Crippen LogP contribution in [0.3, 0.4) is 0 Å². The molecular weight excluding hydrogens is 258 g/mol. The molecule has 0 bridgehead atoms. The summed E-state index contributed by atoms with van der Waals surface area (Å²) in [7, 11) is 0. The summed E-state index contributed by atoms with van der Waals surface area (Å²) in [4.78, 5) is 5.49. The standard InChI is InChI=1S/C18H37N3/c1-4-16(3)20-12-14-21(15-13-20)18-11-9-7-6-8-10-17(18)19-5-2/h16-19H,4-15H2,1-3H3. The Kier molecular flexibility index (Phi) is 7.48. The average Bonchev–Trinajstić information content (AvgIpc) is 2.50. The molecule has 3 unspecified atom stereocenters. The fourth-order valence-corrected chi connectivity index (χ4v) is 4.17. The Bertz CT molecular complexity index is 274. The average molecular weight is 296 g/mol. The minimum absolute atomic E-state index is 0.727.